The van der Waals surface area contributed by atoms with Crippen LogP contribution in [0.3, 0.4) is 0 Å². The minimum Gasteiger partial charge on any atom is -0.438 e. The molecule has 0 radical (unpaired) electrons. The average Bonchev–Trinajstić information content (AvgIpc) is 2.37. The summed E-state index contributed by atoms with van der Waals surface area (Å²) in [6, 6.07) is 4.79. The molecule has 0 N–H and O–H groups in total. The summed E-state index contributed by atoms with van der Waals surface area (Å²) in [4.78, 5) is 11.0. The van der Waals surface area contributed by atoms with Crippen LogP contribution in [0, 0.1) is 0 Å². The van der Waals surface area contributed by atoms with Gasteiger partial charge in [-0.1, -0.05) is 19.1 Å². The van der Waals surface area contributed by atoms with Gasteiger partial charge in [-0.25, -0.2) is 4.79 Å². The van der Waals surface area contributed by atoms with Gasteiger partial charge in [0.05, 0.1) is 12.7 Å². The Morgan fingerprint density at radius 2 is 1.84 bits per heavy atom. The van der Waals surface area contributed by atoms with E-state index in [4.69, 9.17) is 4.74 Å². The lowest BCUT2D eigenvalue weighted by molar-refractivity contribution is -0.137. The van der Waals surface area contributed by atoms with Gasteiger partial charge in [0.15, 0.2) is 0 Å². The third kappa shape index (κ3) is 4.81. The van der Waals surface area contributed by atoms with Crippen molar-refractivity contribution < 1.29 is 27.4 Å². The molecule has 106 valence electrons. The molecule has 0 aliphatic heterocycles. The van der Waals surface area contributed by atoms with Crippen molar-refractivity contribution in [3.8, 4) is 0 Å². The second-order valence-electron chi connectivity index (χ2n) is 4.00. The van der Waals surface area contributed by atoms with Gasteiger partial charge >= 0.3 is 12.3 Å². The summed E-state index contributed by atoms with van der Waals surface area (Å²) in [5.74, 6) is 0. The van der Waals surface area contributed by atoms with Crippen molar-refractivity contribution in [2.24, 2.45) is 0 Å². The number of benzene rings is 1. The number of halogens is 3. The summed E-state index contributed by atoms with van der Waals surface area (Å²) >= 11 is 0. The Kier molecular flexibility index (Phi) is 5.20. The molecule has 1 aromatic carbocycles. The molecule has 3 nitrogen and oxygen atoms in total. The predicted molar refractivity (Wildman–Crippen MR) is 62.7 cm³/mol. The van der Waals surface area contributed by atoms with E-state index in [-0.39, 0.29) is 0 Å². The van der Waals surface area contributed by atoms with Gasteiger partial charge in [0.2, 0.25) is 0 Å². The third-order valence-electron chi connectivity index (χ3n) is 2.63. The summed E-state index contributed by atoms with van der Waals surface area (Å²) in [5.41, 5.74) is -0.0260. The lowest BCUT2D eigenvalue weighted by Gasteiger charge is -2.15. The molecule has 0 spiro atoms. The van der Waals surface area contributed by atoms with Crippen molar-refractivity contribution in [2.75, 3.05) is 7.11 Å². The second kappa shape index (κ2) is 6.45. The Morgan fingerprint density at radius 3 is 2.26 bits per heavy atom. The Balaban J connectivity index is 2.68. The van der Waals surface area contributed by atoms with Crippen LogP contribution in [-0.2, 0) is 22.1 Å². The highest BCUT2D eigenvalue weighted by Crippen LogP contribution is 2.29. The molecular weight excluding hydrogens is 261 g/mol. The minimum absolute atomic E-state index is 0.351. The first-order valence-corrected chi connectivity index (χ1v) is 5.77. The fourth-order valence-electron chi connectivity index (χ4n) is 1.55. The molecule has 0 amide bonds. The van der Waals surface area contributed by atoms with E-state index in [1.165, 1.54) is 19.2 Å². The maximum atomic E-state index is 12.4. The fraction of sp³-hybridized carbons (Fsp3) is 0.462. The molecule has 0 fully saturated rings. The zero-order chi connectivity index (χ0) is 14.5. The van der Waals surface area contributed by atoms with Crippen molar-refractivity contribution in [2.45, 2.75) is 32.0 Å². The van der Waals surface area contributed by atoms with Crippen molar-refractivity contribution >= 4 is 6.16 Å². The number of carbonyl (C=O) groups is 1. The monoisotopic (exact) mass is 276 g/mol. The minimum atomic E-state index is -4.34. The average molecular weight is 276 g/mol. The molecule has 0 saturated heterocycles. The molecule has 0 aromatic heterocycles. The molecule has 0 heterocycles. The number of methoxy groups -OCH3 is 1. The fourth-order valence-corrected chi connectivity index (χ4v) is 1.55. The highest BCUT2D eigenvalue weighted by Gasteiger charge is 2.30. The van der Waals surface area contributed by atoms with Gasteiger partial charge in [-0.05, 0) is 24.1 Å². The van der Waals surface area contributed by atoms with E-state index in [1.54, 1.807) is 0 Å². The first kappa shape index (κ1) is 15.3. The van der Waals surface area contributed by atoms with Gasteiger partial charge in [-0.2, -0.15) is 13.2 Å². The topological polar surface area (TPSA) is 35.5 Å². The smallest absolute Gasteiger partial charge is 0.438 e. The van der Waals surface area contributed by atoms with Crippen molar-refractivity contribution in [1.29, 1.82) is 0 Å². The molecule has 0 saturated carbocycles. The van der Waals surface area contributed by atoms with Crippen LogP contribution in [0.2, 0.25) is 0 Å². The van der Waals surface area contributed by atoms with Gasteiger partial charge in [-0.15, -0.1) is 0 Å². The SMILES string of the molecule is CCC(Cc1ccc(C(F)(F)F)cc1)OC(=O)OC. The van der Waals surface area contributed by atoms with E-state index < -0.39 is 24.0 Å². The van der Waals surface area contributed by atoms with E-state index in [0.717, 1.165) is 12.1 Å². The first-order valence-electron chi connectivity index (χ1n) is 5.77. The predicted octanol–water partition coefficient (Wildman–Crippen LogP) is 3.81. The van der Waals surface area contributed by atoms with Crippen LogP contribution in [0.15, 0.2) is 24.3 Å². The standard InChI is InChI=1S/C13H15F3O3/c1-3-11(19-12(17)18-2)8-9-4-6-10(7-5-9)13(14,15)16/h4-7,11H,3,8H2,1-2H3. The van der Waals surface area contributed by atoms with Gasteiger partial charge in [0.1, 0.15) is 6.10 Å². The van der Waals surface area contributed by atoms with E-state index in [2.05, 4.69) is 4.74 Å². The van der Waals surface area contributed by atoms with Crippen LogP contribution in [0.4, 0.5) is 18.0 Å². The zero-order valence-electron chi connectivity index (χ0n) is 10.7. The third-order valence-corrected chi connectivity index (χ3v) is 2.63. The van der Waals surface area contributed by atoms with Crippen LogP contribution in [0.5, 0.6) is 0 Å². The molecule has 1 rings (SSSR count). The molecule has 19 heavy (non-hydrogen) atoms. The summed E-state index contributed by atoms with van der Waals surface area (Å²) < 4.78 is 46.5. The number of alkyl halides is 3. The van der Waals surface area contributed by atoms with E-state index in [0.29, 0.717) is 18.4 Å². The number of carbonyl (C=O) groups excluding carboxylic acids is 1. The number of rotatable bonds is 4. The molecule has 1 atom stereocenters. The van der Waals surface area contributed by atoms with E-state index in [9.17, 15) is 18.0 Å². The summed E-state index contributed by atoms with van der Waals surface area (Å²) in [6.07, 6.45) is -4.65. The second-order valence-corrected chi connectivity index (χ2v) is 4.00. The largest absolute Gasteiger partial charge is 0.508 e. The van der Waals surface area contributed by atoms with Gasteiger partial charge in [-0.3, -0.25) is 0 Å². The molecular formula is C13H15F3O3. The van der Waals surface area contributed by atoms with Gasteiger partial charge in [0.25, 0.3) is 0 Å². The van der Waals surface area contributed by atoms with Gasteiger partial charge < -0.3 is 9.47 Å². The lowest BCUT2D eigenvalue weighted by Crippen LogP contribution is -2.19. The quantitative estimate of drug-likeness (QED) is 0.784. The number of hydrogen-bond acceptors (Lipinski definition) is 3. The van der Waals surface area contributed by atoms with E-state index >= 15 is 0 Å². The van der Waals surface area contributed by atoms with Crippen LogP contribution >= 0.6 is 0 Å². The number of hydrogen-bond donors (Lipinski definition) is 0. The van der Waals surface area contributed by atoms with Crippen molar-refractivity contribution in [1.82, 2.24) is 0 Å². The highest BCUT2D eigenvalue weighted by molar-refractivity contribution is 5.59. The zero-order valence-corrected chi connectivity index (χ0v) is 10.7. The van der Waals surface area contributed by atoms with Crippen molar-refractivity contribution in [3.63, 3.8) is 0 Å². The summed E-state index contributed by atoms with van der Waals surface area (Å²) in [6.45, 7) is 1.82. The Morgan fingerprint density at radius 1 is 1.26 bits per heavy atom. The Labute approximate surface area is 109 Å². The Bertz CT molecular complexity index is 412. The molecule has 1 aromatic rings. The maximum Gasteiger partial charge on any atom is 0.508 e. The molecule has 6 heteroatoms. The van der Waals surface area contributed by atoms with Crippen LogP contribution in [0.25, 0.3) is 0 Å². The molecule has 0 aliphatic rings. The molecule has 0 aliphatic carbocycles. The summed E-state index contributed by atoms with van der Waals surface area (Å²) in [5, 5.41) is 0. The summed E-state index contributed by atoms with van der Waals surface area (Å²) in [7, 11) is 1.20. The Hall–Kier alpha value is -1.72. The van der Waals surface area contributed by atoms with Crippen LogP contribution in [0.1, 0.15) is 24.5 Å². The van der Waals surface area contributed by atoms with Crippen LogP contribution in [-0.4, -0.2) is 19.4 Å². The molecule has 0 bridgehead atoms. The lowest BCUT2D eigenvalue weighted by atomic mass is 10.0. The maximum absolute atomic E-state index is 12.4. The van der Waals surface area contributed by atoms with Crippen LogP contribution < -0.4 is 0 Å². The highest BCUT2D eigenvalue weighted by atomic mass is 19.4. The molecule has 1 unspecified atom stereocenters. The van der Waals surface area contributed by atoms with E-state index in [1.807, 2.05) is 6.92 Å². The normalized spacial score (nSPS) is 12.9. The van der Waals surface area contributed by atoms with Gasteiger partial charge in [0, 0.05) is 6.42 Å². The first-order chi connectivity index (χ1) is 8.86. The van der Waals surface area contributed by atoms with Crippen molar-refractivity contribution in [3.05, 3.63) is 35.4 Å². The number of ether oxygens (including phenoxy) is 2.